The van der Waals surface area contributed by atoms with Gasteiger partial charge in [-0.05, 0) is 18.4 Å². The van der Waals surface area contributed by atoms with Crippen LogP contribution in [0.4, 0.5) is 5.82 Å². The molecule has 106 valence electrons. The van der Waals surface area contributed by atoms with E-state index in [0.29, 0.717) is 6.54 Å². The van der Waals surface area contributed by atoms with Gasteiger partial charge in [-0.2, -0.15) is 0 Å². The summed E-state index contributed by atoms with van der Waals surface area (Å²) in [5.74, 6) is 0.856. The van der Waals surface area contributed by atoms with Gasteiger partial charge in [-0.15, -0.1) is 0 Å². The van der Waals surface area contributed by atoms with Crippen molar-refractivity contribution in [3.63, 3.8) is 0 Å². The first kappa shape index (κ1) is 14.5. The summed E-state index contributed by atoms with van der Waals surface area (Å²) in [7, 11) is 0. The van der Waals surface area contributed by atoms with Crippen LogP contribution < -0.4 is 11.1 Å². The molecule has 0 spiro atoms. The van der Waals surface area contributed by atoms with E-state index in [0.717, 1.165) is 30.8 Å². The Hall–Kier alpha value is -1.94. The van der Waals surface area contributed by atoms with Crippen LogP contribution in [0.15, 0.2) is 42.7 Å². The van der Waals surface area contributed by atoms with E-state index in [1.54, 1.807) is 6.33 Å². The van der Waals surface area contributed by atoms with E-state index in [1.165, 1.54) is 5.56 Å². The third-order valence-electron chi connectivity index (χ3n) is 3.19. The lowest BCUT2D eigenvalue weighted by atomic mass is 10.1. The maximum Gasteiger partial charge on any atom is 0.129 e. The summed E-state index contributed by atoms with van der Waals surface area (Å²) in [5, 5.41) is 3.40. The molecule has 0 saturated heterocycles. The lowest BCUT2D eigenvalue weighted by molar-refractivity contribution is 0.718. The van der Waals surface area contributed by atoms with E-state index in [-0.39, 0.29) is 6.04 Å². The van der Waals surface area contributed by atoms with E-state index in [2.05, 4.69) is 34.3 Å². The Bertz CT molecular complexity index is 513. The van der Waals surface area contributed by atoms with E-state index in [4.69, 9.17) is 5.73 Å². The number of hydrogen-bond acceptors (Lipinski definition) is 4. The molecule has 1 aromatic heterocycles. The Morgan fingerprint density at radius 3 is 2.70 bits per heavy atom. The van der Waals surface area contributed by atoms with Crippen molar-refractivity contribution in [2.75, 3.05) is 11.9 Å². The lowest BCUT2D eigenvalue weighted by Gasteiger charge is -2.17. The van der Waals surface area contributed by atoms with E-state index in [1.807, 2.05) is 24.3 Å². The van der Waals surface area contributed by atoms with E-state index < -0.39 is 0 Å². The molecule has 1 unspecified atom stereocenters. The highest BCUT2D eigenvalue weighted by atomic mass is 15.0. The van der Waals surface area contributed by atoms with Crippen LogP contribution in [0.5, 0.6) is 0 Å². The highest BCUT2D eigenvalue weighted by Gasteiger charge is 2.08. The normalized spacial score (nSPS) is 12.1. The van der Waals surface area contributed by atoms with Crippen molar-refractivity contribution in [2.45, 2.75) is 32.2 Å². The number of aromatic nitrogens is 2. The Morgan fingerprint density at radius 1 is 1.20 bits per heavy atom. The van der Waals surface area contributed by atoms with Crippen molar-refractivity contribution < 1.29 is 0 Å². The minimum absolute atomic E-state index is 0.182. The van der Waals surface area contributed by atoms with Gasteiger partial charge in [0, 0.05) is 24.3 Å². The van der Waals surface area contributed by atoms with Crippen LogP contribution >= 0.6 is 0 Å². The van der Waals surface area contributed by atoms with Crippen molar-refractivity contribution in [1.29, 1.82) is 0 Å². The predicted molar refractivity (Wildman–Crippen MR) is 82.6 cm³/mol. The highest BCUT2D eigenvalue weighted by molar-refractivity contribution is 5.37. The lowest BCUT2D eigenvalue weighted by Crippen LogP contribution is -2.31. The summed E-state index contributed by atoms with van der Waals surface area (Å²) in [4.78, 5) is 8.54. The summed E-state index contributed by atoms with van der Waals surface area (Å²) in [5.41, 5.74) is 8.21. The summed E-state index contributed by atoms with van der Waals surface area (Å²) < 4.78 is 0. The zero-order valence-electron chi connectivity index (χ0n) is 11.9. The zero-order valence-corrected chi connectivity index (χ0v) is 11.9. The Labute approximate surface area is 120 Å². The molecule has 0 radical (unpaired) electrons. The minimum atomic E-state index is 0.182. The molecular formula is C16H22N4. The number of nitrogens with zero attached hydrogens (tertiary/aromatic N) is 2. The zero-order chi connectivity index (χ0) is 14.2. The van der Waals surface area contributed by atoms with Crippen LogP contribution in [0.25, 0.3) is 0 Å². The molecule has 4 nitrogen and oxygen atoms in total. The molecule has 0 bridgehead atoms. The van der Waals surface area contributed by atoms with Gasteiger partial charge >= 0.3 is 0 Å². The van der Waals surface area contributed by atoms with Gasteiger partial charge in [-0.3, -0.25) is 0 Å². The van der Waals surface area contributed by atoms with E-state index >= 15 is 0 Å². The van der Waals surface area contributed by atoms with E-state index in [9.17, 15) is 0 Å². The van der Waals surface area contributed by atoms with Crippen LogP contribution in [0.1, 0.15) is 24.6 Å². The number of hydrogen-bond donors (Lipinski definition) is 2. The second kappa shape index (κ2) is 7.60. The van der Waals surface area contributed by atoms with Gasteiger partial charge < -0.3 is 11.1 Å². The molecule has 0 aliphatic heterocycles. The number of nitrogens with one attached hydrogen (secondary N) is 1. The molecule has 20 heavy (non-hydrogen) atoms. The van der Waals surface area contributed by atoms with Crippen molar-refractivity contribution in [3.8, 4) is 0 Å². The maximum absolute atomic E-state index is 5.86. The fourth-order valence-electron chi connectivity index (χ4n) is 2.17. The molecule has 0 saturated carbocycles. The molecule has 0 aliphatic carbocycles. The summed E-state index contributed by atoms with van der Waals surface area (Å²) in [6.07, 6.45) is 4.57. The number of rotatable bonds is 7. The van der Waals surface area contributed by atoms with Gasteiger partial charge in [-0.25, -0.2) is 9.97 Å². The molecule has 2 rings (SSSR count). The second-order valence-electron chi connectivity index (χ2n) is 4.91. The van der Waals surface area contributed by atoms with Gasteiger partial charge in [-0.1, -0.05) is 43.7 Å². The SMILES string of the molecule is CCCc1cc(NC(CN)Cc2ccccc2)ncn1. The van der Waals surface area contributed by atoms with Gasteiger partial charge in [0.2, 0.25) is 0 Å². The molecule has 1 heterocycles. The fourth-order valence-corrected chi connectivity index (χ4v) is 2.17. The minimum Gasteiger partial charge on any atom is -0.366 e. The van der Waals surface area contributed by atoms with Crippen LogP contribution in [0.3, 0.4) is 0 Å². The summed E-state index contributed by atoms with van der Waals surface area (Å²) in [6.45, 7) is 2.72. The number of benzene rings is 1. The summed E-state index contributed by atoms with van der Waals surface area (Å²) >= 11 is 0. The Balaban J connectivity index is 2.00. The number of nitrogens with two attached hydrogens (primary N) is 1. The first-order chi connectivity index (χ1) is 9.81. The summed E-state index contributed by atoms with van der Waals surface area (Å²) in [6, 6.07) is 12.5. The fraction of sp³-hybridized carbons (Fsp3) is 0.375. The third-order valence-corrected chi connectivity index (χ3v) is 3.19. The van der Waals surface area contributed by atoms with Crippen molar-refractivity contribution in [2.24, 2.45) is 5.73 Å². The highest BCUT2D eigenvalue weighted by Crippen LogP contribution is 2.10. The molecule has 4 heteroatoms. The molecule has 1 atom stereocenters. The van der Waals surface area contributed by atoms with Gasteiger partial charge in [0.15, 0.2) is 0 Å². The van der Waals surface area contributed by atoms with Gasteiger partial charge in [0.05, 0.1) is 0 Å². The van der Waals surface area contributed by atoms with Crippen molar-refractivity contribution in [1.82, 2.24) is 9.97 Å². The van der Waals surface area contributed by atoms with Crippen LogP contribution in [-0.2, 0) is 12.8 Å². The number of aryl methyl sites for hydroxylation is 1. The second-order valence-corrected chi connectivity index (χ2v) is 4.91. The molecule has 2 aromatic rings. The maximum atomic E-state index is 5.86. The average molecular weight is 270 g/mol. The topological polar surface area (TPSA) is 63.8 Å². The smallest absolute Gasteiger partial charge is 0.129 e. The number of anilines is 1. The standard InChI is InChI=1S/C16H22N4/c1-2-6-14-10-16(19-12-18-14)20-15(11-17)9-13-7-4-3-5-8-13/h3-5,7-8,10,12,15H,2,6,9,11,17H2,1H3,(H,18,19,20). The van der Waals surface area contributed by atoms with Crippen LogP contribution in [-0.4, -0.2) is 22.6 Å². The van der Waals surface area contributed by atoms with Crippen LogP contribution in [0, 0.1) is 0 Å². The predicted octanol–water partition coefficient (Wildman–Crippen LogP) is 2.41. The third kappa shape index (κ3) is 4.31. The van der Waals surface area contributed by atoms with Crippen LogP contribution in [0.2, 0.25) is 0 Å². The molecule has 1 aromatic carbocycles. The van der Waals surface area contributed by atoms with Crippen molar-refractivity contribution in [3.05, 3.63) is 54.0 Å². The molecule has 0 amide bonds. The quantitative estimate of drug-likeness (QED) is 0.811. The molecule has 3 N–H and O–H groups in total. The molecule has 0 aliphatic rings. The Morgan fingerprint density at radius 2 is 2.00 bits per heavy atom. The largest absolute Gasteiger partial charge is 0.366 e. The monoisotopic (exact) mass is 270 g/mol. The first-order valence-electron chi connectivity index (χ1n) is 7.13. The van der Waals surface area contributed by atoms with Gasteiger partial charge in [0.1, 0.15) is 12.1 Å². The first-order valence-corrected chi connectivity index (χ1v) is 7.13. The van der Waals surface area contributed by atoms with Gasteiger partial charge in [0.25, 0.3) is 0 Å². The molecular weight excluding hydrogens is 248 g/mol. The van der Waals surface area contributed by atoms with Crippen molar-refractivity contribution >= 4 is 5.82 Å². The molecule has 0 fully saturated rings. The Kier molecular flexibility index (Phi) is 5.50. The average Bonchev–Trinajstić information content (AvgIpc) is 2.48.